The van der Waals surface area contributed by atoms with Gasteiger partial charge in [0.05, 0.1) is 0 Å². The van der Waals surface area contributed by atoms with Crippen LogP contribution in [0.1, 0.15) is 31.7 Å². The fourth-order valence-corrected chi connectivity index (χ4v) is 3.79. The van der Waals surface area contributed by atoms with E-state index in [4.69, 9.17) is 0 Å². The third-order valence-corrected chi connectivity index (χ3v) is 5.19. The first-order chi connectivity index (χ1) is 11.7. The summed E-state index contributed by atoms with van der Waals surface area (Å²) >= 11 is 0. The van der Waals surface area contributed by atoms with Gasteiger partial charge in [-0.3, -0.25) is 9.69 Å². The van der Waals surface area contributed by atoms with Gasteiger partial charge in [-0.25, -0.2) is 4.79 Å². The summed E-state index contributed by atoms with van der Waals surface area (Å²) in [6.45, 7) is 4.11. The number of hydrogen-bond acceptors (Lipinski definition) is 3. The van der Waals surface area contributed by atoms with Crippen LogP contribution in [-0.2, 0) is 4.79 Å². The molecule has 0 aliphatic carbocycles. The van der Waals surface area contributed by atoms with Gasteiger partial charge in [0.2, 0.25) is 0 Å². The molecule has 1 aromatic rings. The van der Waals surface area contributed by atoms with E-state index in [1.165, 1.54) is 4.90 Å². The second kappa shape index (κ2) is 7.18. The zero-order chi connectivity index (χ0) is 17.0. The lowest BCUT2D eigenvalue weighted by atomic mass is 9.76. The van der Waals surface area contributed by atoms with Crippen LogP contribution in [0.3, 0.4) is 0 Å². The molecule has 3 rings (SSSR count). The van der Waals surface area contributed by atoms with Crippen LogP contribution in [0.2, 0.25) is 0 Å². The van der Waals surface area contributed by atoms with Crippen molar-refractivity contribution in [1.29, 1.82) is 0 Å². The molecule has 3 amide bonds. The maximum Gasteiger partial charge on any atom is 0.325 e. The summed E-state index contributed by atoms with van der Waals surface area (Å²) in [6, 6.07) is 9.61. The summed E-state index contributed by atoms with van der Waals surface area (Å²) in [4.78, 5) is 26.7. The SMILES string of the molecule is CC[C@]1(C2CCNCC2)NC(=O)N(C/C=C/c2ccccc2)C1=O. The molecule has 5 heteroatoms. The van der Waals surface area contributed by atoms with Gasteiger partial charge >= 0.3 is 6.03 Å². The fourth-order valence-electron chi connectivity index (χ4n) is 3.79. The molecule has 0 saturated carbocycles. The Kier molecular flexibility index (Phi) is 5.00. The highest BCUT2D eigenvalue weighted by Crippen LogP contribution is 2.34. The average Bonchev–Trinajstić information content (AvgIpc) is 2.88. The Morgan fingerprint density at radius 3 is 2.58 bits per heavy atom. The van der Waals surface area contributed by atoms with Crippen molar-refractivity contribution in [2.75, 3.05) is 19.6 Å². The standard InChI is InChI=1S/C19H25N3O2/c1-2-19(16-10-12-20-13-11-16)17(23)22(18(24)21-19)14-6-9-15-7-4-3-5-8-15/h3-9,16,20H,2,10-14H2,1H3,(H,21,24)/b9-6+/t19-/m1/s1. The Morgan fingerprint density at radius 2 is 1.92 bits per heavy atom. The minimum absolute atomic E-state index is 0.0698. The predicted molar refractivity (Wildman–Crippen MR) is 94.3 cm³/mol. The van der Waals surface area contributed by atoms with Crippen LogP contribution >= 0.6 is 0 Å². The Morgan fingerprint density at radius 1 is 1.21 bits per heavy atom. The molecule has 0 spiro atoms. The van der Waals surface area contributed by atoms with E-state index in [0.717, 1.165) is 31.5 Å². The molecule has 0 radical (unpaired) electrons. The molecule has 1 atom stereocenters. The third kappa shape index (κ3) is 3.08. The molecule has 2 heterocycles. The second-order valence-electron chi connectivity index (χ2n) is 6.51. The summed E-state index contributed by atoms with van der Waals surface area (Å²) in [7, 11) is 0. The molecule has 1 aromatic carbocycles. The molecule has 24 heavy (non-hydrogen) atoms. The summed E-state index contributed by atoms with van der Waals surface area (Å²) in [5.74, 6) is 0.142. The number of rotatable bonds is 5. The maximum atomic E-state index is 13.0. The van der Waals surface area contributed by atoms with E-state index in [2.05, 4.69) is 10.6 Å². The predicted octanol–water partition coefficient (Wildman–Crippen LogP) is 2.40. The molecule has 2 aliphatic heterocycles. The van der Waals surface area contributed by atoms with Gasteiger partial charge in [0, 0.05) is 6.54 Å². The van der Waals surface area contributed by atoms with Crippen molar-refractivity contribution in [3.8, 4) is 0 Å². The van der Waals surface area contributed by atoms with E-state index in [1.807, 2.05) is 49.4 Å². The number of benzene rings is 1. The van der Waals surface area contributed by atoms with E-state index in [9.17, 15) is 9.59 Å². The van der Waals surface area contributed by atoms with E-state index in [1.54, 1.807) is 0 Å². The Labute approximate surface area is 143 Å². The van der Waals surface area contributed by atoms with Crippen molar-refractivity contribution in [1.82, 2.24) is 15.5 Å². The lowest BCUT2D eigenvalue weighted by Crippen LogP contribution is -2.55. The first kappa shape index (κ1) is 16.7. The van der Waals surface area contributed by atoms with Gasteiger partial charge in [-0.05, 0) is 43.8 Å². The summed E-state index contributed by atoms with van der Waals surface area (Å²) in [5.41, 5.74) is 0.337. The largest absolute Gasteiger partial charge is 0.325 e. The van der Waals surface area contributed by atoms with Gasteiger partial charge in [-0.15, -0.1) is 0 Å². The van der Waals surface area contributed by atoms with E-state index in [0.29, 0.717) is 13.0 Å². The smallest absolute Gasteiger partial charge is 0.323 e. The molecule has 2 N–H and O–H groups in total. The number of hydrogen-bond donors (Lipinski definition) is 2. The maximum absolute atomic E-state index is 13.0. The van der Waals surface area contributed by atoms with Crippen molar-refractivity contribution < 1.29 is 9.59 Å². The Bertz CT molecular complexity index is 623. The molecule has 0 unspecified atom stereocenters. The Hall–Kier alpha value is -2.14. The quantitative estimate of drug-likeness (QED) is 0.817. The number of urea groups is 1. The van der Waals surface area contributed by atoms with Crippen LogP contribution in [0.5, 0.6) is 0 Å². The molecule has 0 aromatic heterocycles. The number of nitrogens with zero attached hydrogens (tertiary/aromatic N) is 1. The van der Waals surface area contributed by atoms with Gasteiger partial charge in [0.25, 0.3) is 5.91 Å². The molecule has 2 fully saturated rings. The summed E-state index contributed by atoms with van der Waals surface area (Å²) in [5, 5.41) is 6.33. The molecule has 2 saturated heterocycles. The monoisotopic (exact) mass is 327 g/mol. The number of carbonyl (C=O) groups excluding carboxylic acids is 2. The zero-order valence-corrected chi connectivity index (χ0v) is 14.1. The Balaban J connectivity index is 1.72. The van der Waals surface area contributed by atoms with E-state index >= 15 is 0 Å². The van der Waals surface area contributed by atoms with Gasteiger partial charge in [0.1, 0.15) is 5.54 Å². The van der Waals surface area contributed by atoms with Crippen molar-refractivity contribution in [2.24, 2.45) is 5.92 Å². The van der Waals surface area contributed by atoms with Crippen molar-refractivity contribution in [2.45, 2.75) is 31.7 Å². The van der Waals surface area contributed by atoms with E-state index in [-0.39, 0.29) is 17.9 Å². The van der Waals surface area contributed by atoms with Crippen molar-refractivity contribution in [3.05, 3.63) is 42.0 Å². The molecule has 5 nitrogen and oxygen atoms in total. The van der Waals surface area contributed by atoms with Crippen LogP contribution in [0.15, 0.2) is 36.4 Å². The second-order valence-corrected chi connectivity index (χ2v) is 6.51. The van der Waals surface area contributed by atoms with Crippen LogP contribution in [0, 0.1) is 5.92 Å². The van der Waals surface area contributed by atoms with Crippen LogP contribution < -0.4 is 10.6 Å². The zero-order valence-electron chi connectivity index (χ0n) is 14.1. The van der Waals surface area contributed by atoms with Gasteiger partial charge < -0.3 is 10.6 Å². The first-order valence-electron chi connectivity index (χ1n) is 8.74. The number of nitrogens with one attached hydrogen (secondary N) is 2. The average molecular weight is 327 g/mol. The van der Waals surface area contributed by atoms with Gasteiger partial charge in [-0.1, -0.05) is 49.4 Å². The number of carbonyl (C=O) groups is 2. The van der Waals surface area contributed by atoms with E-state index < -0.39 is 5.54 Å². The molecule has 2 aliphatic rings. The molecule has 128 valence electrons. The number of amides is 3. The third-order valence-electron chi connectivity index (χ3n) is 5.19. The first-order valence-corrected chi connectivity index (χ1v) is 8.74. The summed E-state index contributed by atoms with van der Waals surface area (Å²) in [6.07, 6.45) is 6.31. The minimum atomic E-state index is -0.722. The lowest BCUT2D eigenvalue weighted by molar-refractivity contribution is -0.133. The minimum Gasteiger partial charge on any atom is -0.323 e. The number of piperidine rings is 1. The van der Waals surface area contributed by atoms with Crippen LogP contribution in [0.4, 0.5) is 4.79 Å². The fraction of sp³-hybridized carbons (Fsp3) is 0.474. The highest BCUT2D eigenvalue weighted by molar-refractivity contribution is 6.07. The van der Waals surface area contributed by atoms with Crippen LogP contribution in [-0.4, -0.2) is 42.0 Å². The van der Waals surface area contributed by atoms with Gasteiger partial charge in [-0.2, -0.15) is 0 Å². The summed E-state index contributed by atoms with van der Waals surface area (Å²) < 4.78 is 0. The molecule has 0 bridgehead atoms. The normalized spacial score (nSPS) is 25.5. The molecular formula is C19H25N3O2. The lowest BCUT2D eigenvalue weighted by Gasteiger charge is -2.37. The number of imide groups is 1. The van der Waals surface area contributed by atoms with Crippen molar-refractivity contribution >= 4 is 18.0 Å². The highest BCUT2D eigenvalue weighted by Gasteiger charge is 2.54. The highest BCUT2D eigenvalue weighted by atomic mass is 16.2. The van der Waals surface area contributed by atoms with Crippen molar-refractivity contribution in [3.63, 3.8) is 0 Å². The molecular weight excluding hydrogens is 302 g/mol. The topological polar surface area (TPSA) is 61.4 Å². The van der Waals surface area contributed by atoms with Gasteiger partial charge in [0.15, 0.2) is 0 Å². The van der Waals surface area contributed by atoms with Crippen LogP contribution in [0.25, 0.3) is 6.08 Å².